The van der Waals surface area contributed by atoms with E-state index in [4.69, 9.17) is 14.2 Å². The molecule has 2 heterocycles. The Morgan fingerprint density at radius 3 is 2.58 bits per heavy atom. The highest BCUT2D eigenvalue weighted by Gasteiger charge is 2.10. The SMILES string of the molecule is COc1ccc2nc(NC(=O)CNc3ccc(OC)c(OC)c3)sc2n1. The normalized spacial score (nSPS) is 10.4. The molecule has 3 rings (SSSR count). The lowest BCUT2D eigenvalue weighted by Crippen LogP contribution is -2.21. The van der Waals surface area contributed by atoms with Crippen molar-refractivity contribution >= 4 is 38.4 Å². The number of nitrogens with one attached hydrogen (secondary N) is 2. The van der Waals surface area contributed by atoms with Gasteiger partial charge < -0.3 is 24.8 Å². The van der Waals surface area contributed by atoms with Crippen molar-refractivity contribution in [2.75, 3.05) is 38.5 Å². The summed E-state index contributed by atoms with van der Waals surface area (Å²) in [6, 6.07) is 8.87. The van der Waals surface area contributed by atoms with Crippen LogP contribution in [0.3, 0.4) is 0 Å². The lowest BCUT2D eigenvalue weighted by atomic mass is 10.2. The first-order valence-electron chi connectivity index (χ1n) is 7.70. The monoisotopic (exact) mass is 374 g/mol. The van der Waals surface area contributed by atoms with Crippen LogP contribution in [-0.4, -0.2) is 43.7 Å². The molecule has 0 spiro atoms. The molecule has 136 valence electrons. The van der Waals surface area contributed by atoms with Crippen LogP contribution in [0.1, 0.15) is 0 Å². The molecule has 0 atom stereocenters. The Bertz CT molecular complexity index is 928. The molecule has 8 nitrogen and oxygen atoms in total. The van der Waals surface area contributed by atoms with Crippen molar-refractivity contribution in [1.82, 2.24) is 9.97 Å². The van der Waals surface area contributed by atoms with E-state index in [-0.39, 0.29) is 12.5 Å². The second-order valence-corrected chi connectivity index (χ2v) is 6.15. The predicted molar refractivity (Wildman–Crippen MR) is 101 cm³/mol. The van der Waals surface area contributed by atoms with E-state index < -0.39 is 0 Å². The number of anilines is 2. The van der Waals surface area contributed by atoms with Gasteiger partial charge in [0.25, 0.3) is 0 Å². The molecule has 0 radical (unpaired) electrons. The number of thiazole rings is 1. The van der Waals surface area contributed by atoms with Crippen LogP contribution in [0.2, 0.25) is 0 Å². The Balaban J connectivity index is 1.62. The van der Waals surface area contributed by atoms with E-state index in [0.717, 1.165) is 5.69 Å². The number of nitrogens with zero attached hydrogens (tertiary/aromatic N) is 2. The second-order valence-electron chi connectivity index (χ2n) is 5.17. The molecule has 9 heteroatoms. The van der Waals surface area contributed by atoms with E-state index >= 15 is 0 Å². The van der Waals surface area contributed by atoms with Gasteiger partial charge in [-0.2, -0.15) is 0 Å². The number of methoxy groups -OCH3 is 3. The van der Waals surface area contributed by atoms with Crippen molar-refractivity contribution in [1.29, 1.82) is 0 Å². The van der Waals surface area contributed by atoms with Crippen LogP contribution in [0.5, 0.6) is 17.4 Å². The summed E-state index contributed by atoms with van der Waals surface area (Å²) in [6.07, 6.45) is 0. The Hall–Kier alpha value is -3.07. The summed E-state index contributed by atoms with van der Waals surface area (Å²) in [5, 5.41) is 6.28. The fraction of sp³-hybridized carbons (Fsp3) is 0.235. The number of amides is 1. The fourth-order valence-corrected chi connectivity index (χ4v) is 3.11. The van der Waals surface area contributed by atoms with Crippen LogP contribution in [0.4, 0.5) is 10.8 Å². The lowest BCUT2D eigenvalue weighted by Gasteiger charge is -2.11. The summed E-state index contributed by atoms with van der Waals surface area (Å²) in [6.45, 7) is 0.0855. The maximum absolute atomic E-state index is 12.2. The zero-order chi connectivity index (χ0) is 18.5. The van der Waals surface area contributed by atoms with Gasteiger partial charge >= 0.3 is 0 Å². The van der Waals surface area contributed by atoms with E-state index in [1.807, 2.05) is 6.07 Å². The van der Waals surface area contributed by atoms with Gasteiger partial charge in [-0.1, -0.05) is 11.3 Å². The minimum atomic E-state index is -0.217. The third kappa shape index (κ3) is 3.94. The van der Waals surface area contributed by atoms with Crippen molar-refractivity contribution in [3.8, 4) is 17.4 Å². The molecule has 26 heavy (non-hydrogen) atoms. The molecule has 1 aromatic carbocycles. The van der Waals surface area contributed by atoms with Gasteiger partial charge in [0.05, 0.1) is 27.9 Å². The number of carbonyl (C=O) groups excluding carboxylic acids is 1. The van der Waals surface area contributed by atoms with Crippen LogP contribution in [-0.2, 0) is 4.79 Å². The van der Waals surface area contributed by atoms with E-state index in [0.29, 0.717) is 32.9 Å². The molecule has 0 fully saturated rings. The molecule has 0 aliphatic rings. The fourth-order valence-electron chi connectivity index (χ4n) is 2.26. The first kappa shape index (κ1) is 17.7. The second kappa shape index (κ2) is 7.87. The molecule has 3 aromatic rings. The molecule has 0 saturated heterocycles. The van der Waals surface area contributed by atoms with E-state index in [1.165, 1.54) is 11.3 Å². The predicted octanol–water partition coefficient (Wildman–Crippen LogP) is 2.77. The molecule has 0 aliphatic heterocycles. The number of hydrogen-bond acceptors (Lipinski definition) is 8. The number of pyridine rings is 1. The molecule has 0 unspecified atom stereocenters. The molecule has 2 aromatic heterocycles. The average molecular weight is 374 g/mol. The number of benzene rings is 1. The van der Waals surface area contributed by atoms with Crippen LogP contribution < -0.4 is 24.8 Å². The highest BCUT2D eigenvalue weighted by Crippen LogP contribution is 2.30. The summed E-state index contributed by atoms with van der Waals surface area (Å²) < 4.78 is 15.5. The van der Waals surface area contributed by atoms with E-state index in [9.17, 15) is 4.79 Å². The van der Waals surface area contributed by atoms with Gasteiger partial charge in [-0.05, 0) is 18.2 Å². The van der Waals surface area contributed by atoms with Crippen molar-refractivity contribution in [3.05, 3.63) is 30.3 Å². The summed E-state index contributed by atoms with van der Waals surface area (Å²) in [5.74, 6) is 1.50. The minimum Gasteiger partial charge on any atom is -0.493 e. The van der Waals surface area contributed by atoms with Crippen LogP contribution in [0, 0.1) is 0 Å². The number of hydrogen-bond donors (Lipinski definition) is 2. The molecule has 2 N–H and O–H groups in total. The molecule has 0 aliphatic carbocycles. The maximum atomic E-state index is 12.2. The third-order valence-corrected chi connectivity index (χ3v) is 4.40. The standard InChI is InChI=1S/C17H18N4O4S/c1-23-12-6-4-10(8-13(12)24-2)18-9-14(22)20-17-19-11-5-7-15(25-3)21-16(11)26-17/h4-8,18H,9H2,1-3H3,(H,19,20,22). The van der Waals surface area contributed by atoms with Gasteiger partial charge in [0.15, 0.2) is 16.6 Å². The molecular formula is C17H18N4O4S. The van der Waals surface area contributed by atoms with Crippen molar-refractivity contribution in [3.63, 3.8) is 0 Å². The van der Waals surface area contributed by atoms with Gasteiger partial charge in [0.2, 0.25) is 11.8 Å². The molecule has 0 bridgehead atoms. The molecule has 1 amide bonds. The summed E-state index contributed by atoms with van der Waals surface area (Å²) in [5.41, 5.74) is 1.45. The van der Waals surface area contributed by atoms with Crippen LogP contribution in [0.25, 0.3) is 10.3 Å². The first-order valence-corrected chi connectivity index (χ1v) is 8.52. The maximum Gasteiger partial charge on any atom is 0.245 e. The third-order valence-electron chi connectivity index (χ3n) is 3.52. The Kier molecular flexibility index (Phi) is 5.37. The minimum absolute atomic E-state index is 0.0855. The highest BCUT2D eigenvalue weighted by atomic mass is 32.1. The van der Waals surface area contributed by atoms with Gasteiger partial charge in [-0.25, -0.2) is 9.97 Å². The van der Waals surface area contributed by atoms with Gasteiger partial charge in [0.1, 0.15) is 10.3 Å². The summed E-state index contributed by atoms with van der Waals surface area (Å²) >= 11 is 1.29. The molecule has 0 saturated carbocycles. The smallest absolute Gasteiger partial charge is 0.245 e. The lowest BCUT2D eigenvalue weighted by molar-refractivity contribution is -0.114. The van der Waals surface area contributed by atoms with Crippen LogP contribution in [0.15, 0.2) is 30.3 Å². The number of ether oxygens (including phenoxy) is 3. The van der Waals surface area contributed by atoms with Crippen molar-refractivity contribution < 1.29 is 19.0 Å². The number of rotatable bonds is 7. The van der Waals surface area contributed by atoms with Gasteiger partial charge in [0, 0.05) is 17.8 Å². The van der Waals surface area contributed by atoms with Gasteiger partial charge in [-0.3, -0.25) is 4.79 Å². The first-order chi connectivity index (χ1) is 12.6. The summed E-state index contributed by atoms with van der Waals surface area (Å²) in [4.78, 5) is 21.5. The largest absolute Gasteiger partial charge is 0.493 e. The average Bonchev–Trinajstić information content (AvgIpc) is 3.07. The van der Waals surface area contributed by atoms with Crippen LogP contribution >= 0.6 is 11.3 Å². The number of aromatic nitrogens is 2. The zero-order valence-corrected chi connectivity index (χ0v) is 15.3. The number of fused-ring (bicyclic) bond motifs is 1. The Morgan fingerprint density at radius 1 is 1.04 bits per heavy atom. The van der Waals surface area contributed by atoms with Crippen molar-refractivity contribution in [2.45, 2.75) is 0 Å². The highest BCUT2D eigenvalue weighted by molar-refractivity contribution is 7.21. The Labute approximate surface area is 154 Å². The Morgan fingerprint density at radius 2 is 1.85 bits per heavy atom. The van der Waals surface area contributed by atoms with Gasteiger partial charge in [-0.15, -0.1) is 0 Å². The van der Waals surface area contributed by atoms with E-state index in [2.05, 4.69) is 20.6 Å². The van der Waals surface area contributed by atoms with Crippen molar-refractivity contribution in [2.24, 2.45) is 0 Å². The molecular weight excluding hydrogens is 356 g/mol. The number of carbonyl (C=O) groups is 1. The topological polar surface area (TPSA) is 94.6 Å². The zero-order valence-electron chi connectivity index (χ0n) is 14.5. The quantitative estimate of drug-likeness (QED) is 0.657. The summed E-state index contributed by atoms with van der Waals surface area (Å²) in [7, 11) is 4.68. The van der Waals surface area contributed by atoms with E-state index in [1.54, 1.807) is 45.6 Å².